The average molecular weight is 326 g/mol. The Hall–Kier alpha value is 0.130. The minimum Gasteiger partial charge on any atom is -0.0727 e. The van der Waals surface area contributed by atoms with Crippen molar-refractivity contribution in [3.05, 3.63) is 0 Å². The molecule has 0 nitrogen and oxygen atoms in total. The van der Waals surface area contributed by atoms with E-state index in [1.807, 2.05) is 0 Å². The van der Waals surface area contributed by atoms with Crippen LogP contribution in [0.5, 0.6) is 0 Å². The average Bonchev–Trinajstić information content (AvgIpc) is 2.52. The molecule has 4 bridgehead atoms. The Balaban J connectivity index is 1.69. The largest absolute Gasteiger partial charge is 0.145 e. The molecule has 0 radical (unpaired) electrons. The van der Waals surface area contributed by atoms with Crippen LogP contribution in [0.4, 0.5) is 0 Å². The van der Waals surface area contributed by atoms with Crippen LogP contribution in [0.25, 0.3) is 0 Å². The molecule has 0 aromatic carbocycles. The first-order chi connectivity index (χ1) is 11.6. The van der Waals surface area contributed by atoms with E-state index in [0.717, 1.165) is 42.6 Å². The van der Waals surface area contributed by atoms with Gasteiger partial charge in [0.1, 0.15) is 13.4 Å². The van der Waals surface area contributed by atoms with E-state index in [0.29, 0.717) is 5.21 Å². The van der Waals surface area contributed by atoms with E-state index in [1.165, 1.54) is 6.42 Å². The molecule has 0 atom stereocenters. The Morgan fingerprint density at radius 3 is 1.21 bits per heavy atom. The number of rotatable bonds is 4. The Kier molecular flexibility index (Phi) is 5.14. The molecule has 0 amide bonds. The van der Waals surface area contributed by atoms with Crippen LogP contribution in [0.3, 0.4) is 0 Å². The molecule has 4 aliphatic rings. The molecular weight excluding hydrogens is 286 g/mol. The number of hydrogen-bond acceptors (Lipinski definition) is 0. The second-order valence-electron chi connectivity index (χ2n) is 10.9. The summed E-state index contributed by atoms with van der Waals surface area (Å²) in [5, 5.41) is 0.653. The van der Waals surface area contributed by atoms with Gasteiger partial charge in [0.25, 0.3) is 0 Å². The normalized spacial score (nSPS) is 39.0. The van der Waals surface area contributed by atoms with E-state index in [9.17, 15) is 0 Å². The van der Waals surface area contributed by atoms with Gasteiger partial charge in [0, 0.05) is 0 Å². The van der Waals surface area contributed by atoms with Crippen LogP contribution in [-0.4, -0.2) is 13.4 Å². The van der Waals surface area contributed by atoms with E-state index in [4.69, 9.17) is 0 Å². The van der Waals surface area contributed by atoms with E-state index < -0.39 is 0 Å². The van der Waals surface area contributed by atoms with Gasteiger partial charge in [-0.05, 0) is 5.92 Å². The maximum atomic E-state index is 2.82. The van der Waals surface area contributed by atoms with Crippen LogP contribution in [0.1, 0.15) is 104 Å². The first-order valence-corrected chi connectivity index (χ1v) is 11.6. The number of hydrogen-bond donors (Lipinski definition) is 0. The van der Waals surface area contributed by atoms with Crippen molar-refractivity contribution in [1.82, 2.24) is 0 Å². The molecule has 4 heterocycles. The van der Waals surface area contributed by atoms with Gasteiger partial charge in [0.2, 0.25) is 0 Å². The van der Waals surface area contributed by atoms with Gasteiger partial charge < -0.3 is 0 Å². The van der Waals surface area contributed by atoms with E-state index in [2.05, 4.69) is 20.8 Å². The van der Waals surface area contributed by atoms with Crippen LogP contribution in [0.2, 0.25) is 28.5 Å². The first-order valence-electron chi connectivity index (χ1n) is 11.6. The molecule has 0 saturated carbocycles. The van der Waals surface area contributed by atoms with E-state index in [-0.39, 0.29) is 0 Å². The van der Waals surface area contributed by atoms with Crippen LogP contribution < -0.4 is 0 Å². The van der Waals surface area contributed by atoms with Gasteiger partial charge in [-0.15, -0.1) is 0 Å². The third-order valence-electron chi connectivity index (χ3n) is 9.00. The highest BCUT2D eigenvalue weighted by Gasteiger charge is 2.58. The summed E-state index contributed by atoms with van der Waals surface area (Å²) in [6.45, 7) is 9.99. The summed E-state index contributed by atoms with van der Waals surface area (Å²) in [5.74, 6) is 5.22. The molecule has 4 rings (SSSR count). The van der Waals surface area contributed by atoms with Gasteiger partial charge in [-0.3, -0.25) is 0 Å². The first kappa shape index (κ1) is 17.5. The lowest BCUT2D eigenvalue weighted by Crippen LogP contribution is -2.55. The van der Waals surface area contributed by atoms with E-state index in [1.54, 1.807) is 77.0 Å². The highest BCUT2D eigenvalue weighted by molar-refractivity contribution is 6.85. The zero-order valence-corrected chi connectivity index (χ0v) is 16.7. The van der Waals surface area contributed by atoms with Gasteiger partial charge in [-0.1, -0.05) is 133 Å². The fourth-order valence-electron chi connectivity index (χ4n) is 8.88. The minimum atomic E-state index is 0.653. The van der Waals surface area contributed by atoms with Crippen molar-refractivity contribution in [3.63, 3.8) is 0 Å². The van der Waals surface area contributed by atoms with Crippen molar-refractivity contribution in [2.45, 2.75) is 133 Å². The lowest BCUT2D eigenvalue weighted by atomic mass is 9.01. The quantitative estimate of drug-likeness (QED) is 0.468. The molecule has 4 fully saturated rings. The van der Waals surface area contributed by atoms with Crippen molar-refractivity contribution < 1.29 is 0 Å². The monoisotopic (exact) mass is 326 g/mol. The maximum Gasteiger partial charge on any atom is 0.145 e. The Bertz CT molecular complexity index is 356. The predicted octanol–water partition coefficient (Wildman–Crippen LogP) is 7.54. The molecular formula is C22H40B2. The molecule has 0 aliphatic carbocycles. The lowest BCUT2D eigenvalue weighted by molar-refractivity contribution is 0.390. The smallest absolute Gasteiger partial charge is 0.0727 e. The van der Waals surface area contributed by atoms with Crippen molar-refractivity contribution in [2.24, 2.45) is 5.92 Å². The van der Waals surface area contributed by atoms with Crippen LogP contribution >= 0.6 is 0 Å². The highest BCUT2D eigenvalue weighted by Crippen LogP contribution is 2.64. The summed E-state index contributed by atoms with van der Waals surface area (Å²) in [7, 11) is 0. The number of fused-ring (bicyclic) bond motifs is 4. The van der Waals surface area contributed by atoms with Gasteiger partial charge in [0.05, 0.1) is 0 Å². The Labute approximate surface area is 152 Å². The molecule has 4 aliphatic heterocycles. The minimum absolute atomic E-state index is 0.653. The molecule has 0 N–H and O–H groups in total. The van der Waals surface area contributed by atoms with Gasteiger partial charge in [-0.25, -0.2) is 0 Å². The predicted molar refractivity (Wildman–Crippen MR) is 110 cm³/mol. The highest BCUT2D eigenvalue weighted by atomic mass is 14.4. The molecule has 134 valence electrons. The summed E-state index contributed by atoms with van der Waals surface area (Å²) in [6, 6.07) is 0. The van der Waals surface area contributed by atoms with Crippen molar-refractivity contribution in [1.29, 1.82) is 0 Å². The summed E-state index contributed by atoms with van der Waals surface area (Å²) in [5.41, 5.74) is 0. The van der Waals surface area contributed by atoms with Crippen LogP contribution in [0, 0.1) is 5.92 Å². The topological polar surface area (TPSA) is 0 Å². The second-order valence-corrected chi connectivity index (χ2v) is 10.9. The standard InChI is InChI=1S/C22H40B2/c1-17(2)16-22(3,23-18-8-4-9-19(23)11-5-10-18)24-20-12-6-13-21(24)15-7-14-20/h17-21H,4-16H2,1-3H3. The van der Waals surface area contributed by atoms with Crippen LogP contribution in [-0.2, 0) is 0 Å². The van der Waals surface area contributed by atoms with Crippen molar-refractivity contribution in [2.75, 3.05) is 0 Å². The summed E-state index contributed by atoms with van der Waals surface area (Å²) in [4.78, 5) is 0. The van der Waals surface area contributed by atoms with Gasteiger partial charge >= 0.3 is 0 Å². The molecule has 24 heavy (non-hydrogen) atoms. The van der Waals surface area contributed by atoms with Gasteiger partial charge in [0.15, 0.2) is 0 Å². The Morgan fingerprint density at radius 1 is 0.667 bits per heavy atom. The molecule has 0 spiro atoms. The zero-order chi connectivity index (χ0) is 16.7. The summed E-state index contributed by atoms with van der Waals surface area (Å²) in [6.07, 6.45) is 20.2. The summed E-state index contributed by atoms with van der Waals surface area (Å²) < 4.78 is 0. The zero-order valence-electron chi connectivity index (χ0n) is 16.7. The third-order valence-corrected chi connectivity index (χ3v) is 9.00. The summed E-state index contributed by atoms with van der Waals surface area (Å²) >= 11 is 0. The maximum absolute atomic E-state index is 2.82. The third kappa shape index (κ3) is 3.03. The van der Waals surface area contributed by atoms with E-state index >= 15 is 0 Å². The SMILES string of the molecule is CC(C)CC(C)(B1C2CCCC1CCC2)B1C2CCCC1CCC2. The lowest BCUT2D eigenvalue weighted by Gasteiger charge is -2.58. The molecule has 4 saturated heterocycles. The fourth-order valence-corrected chi connectivity index (χ4v) is 8.88. The Morgan fingerprint density at radius 2 is 0.958 bits per heavy atom. The van der Waals surface area contributed by atoms with Crippen molar-refractivity contribution >= 4 is 13.4 Å². The fraction of sp³-hybridized carbons (Fsp3) is 1.00. The molecule has 0 aromatic rings. The molecule has 0 aromatic heterocycles. The molecule has 2 heteroatoms. The van der Waals surface area contributed by atoms with Gasteiger partial charge in [-0.2, -0.15) is 0 Å². The second kappa shape index (κ2) is 7.03. The van der Waals surface area contributed by atoms with Crippen LogP contribution in [0.15, 0.2) is 0 Å². The van der Waals surface area contributed by atoms with Crippen molar-refractivity contribution in [3.8, 4) is 0 Å². The molecule has 0 unspecified atom stereocenters.